The smallest absolute Gasteiger partial charge is 0.232 e. The van der Waals surface area contributed by atoms with Crippen LogP contribution < -0.4 is 4.31 Å². The minimum atomic E-state index is -3.36. The van der Waals surface area contributed by atoms with Crippen molar-refractivity contribution in [3.63, 3.8) is 0 Å². The van der Waals surface area contributed by atoms with E-state index >= 15 is 0 Å². The lowest BCUT2D eigenvalue weighted by molar-refractivity contribution is 0.475. The summed E-state index contributed by atoms with van der Waals surface area (Å²) in [6, 6.07) is 4.49. The molecule has 2 rings (SSSR count). The third-order valence-electron chi connectivity index (χ3n) is 2.63. The van der Waals surface area contributed by atoms with E-state index in [-0.39, 0.29) is 17.7 Å². The second-order valence-corrected chi connectivity index (χ2v) is 6.05. The molecule has 16 heavy (non-hydrogen) atoms. The first-order valence-electron chi connectivity index (χ1n) is 4.80. The maximum Gasteiger partial charge on any atom is 0.232 e. The van der Waals surface area contributed by atoms with Crippen molar-refractivity contribution in [2.24, 2.45) is 0 Å². The van der Waals surface area contributed by atoms with Gasteiger partial charge in [-0.25, -0.2) is 8.42 Å². The zero-order valence-electron chi connectivity index (χ0n) is 8.72. The summed E-state index contributed by atoms with van der Waals surface area (Å²) in [5, 5.41) is 9.38. The molecule has 0 radical (unpaired) electrons. The highest BCUT2D eigenvalue weighted by atomic mass is 35.5. The first-order valence-corrected chi connectivity index (χ1v) is 7.19. The van der Waals surface area contributed by atoms with Gasteiger partial charge in [-0.1, -0.05) is 6.07 Å². The van der Waals surface area contributed by atoms with Crippen molar-refractivity contribution in [3.8, 4) is 5.75 Å². The van der Waals surface area contributed by atoms with Crippen LogP contribution in [0.5, 0.6) is 5.75 Å². The molecule has 1 atom stereocenters. The molecule has 0 aromatic heterocycles. The highest BCUT2D eigenvalue weighted by molar-refractivity contribution is 7.92. The topological polar surface area (TPSA) is 57.6 Å². The van der Waals surface area contributed by atoms with Gasteiger partial charge in [0, 0.05) is 11.9 Å². The number of benzene rings is 1. The van der Waals surface area contributed by atoms with E-state index in [0.717, 1.165) is 11.8 Å². The molecule has 88 valence electrons. The molecule has 1 aliphatic heterocycles. The van der Waals surface area contributed by atoms with E-state index in [9.17, 15) is 13.5 Å². The standard InChI is InChI=1S/C10H12ClNO3S/c1-16(14,15)12-8(6-11)4-7-2-3-9(13)5-10(7)12/h2-3,5,8,13H,4,6H2,1H3. The molecule has 4 nitrogen and oxygen atoms in total. The van der Waals surface area contributed by atoms with E-state index in [1.54, 1.807) is 12.1 Å². The molecular formula is C10H12ClNO3S. The van der Waals surface area contributed by atoms with Gasteiger partial charge >= 0.3 is 0 Å². The van der Waals surface area contributed by atoms with Crippen molar-refractivity contribution in [1.29, 1.82) is 0 Å². The molecule has 0 bridgehead atoms. The number of fused-ring (bicyclic) bond motifs is 1. The Morgan fingerprint density at radius 3 is 2.81 bits per heavy atom. The van der Waals surface area contributed by atoms with Crippen LogP contribution in [-0.2, 0) is 16.4 Å². The number of phenols is 1. The molecule has 0 aliphatic carbocycles. The van der Waals surface area contributed by atoms with Crippen LogP contribution in [0.25, 0.3) is 0 Å². The van der Waals surface area contributed by atoms with Crippen LogP contribution >= 0.6 is 11.6 Å². The fraction of sp³-hybridized carbons (Fsp3) is 0.400. The predicted octanol–water partition coefficient (Wildman–Crippen LogP) is 1.32. The first-order chi connectivity index (χ1) is 7.43. The molecular weight excluding hydrogens is 250 g/mol. The van der Waals surface area contributed by atoms with Crippen LogP contribution in [0.2, 0.25) is 0 Å². The summed E-state index contributed by atoms with van der Waals surface area (Å²) in [5.41, 5.74) is 1.43. The SMILES string of the molecule is CS(=O)(=O)N1c2cc(O)ccc2CC1CCl. The summed E-state index contributed by atoms with van der Waals surface area (Å²) < 4.78 is 24.6. The Bertz CT molecular complexity index is 515. The molecule has 1 N–H and O–H groups in total. The molecule has 0 saturated heterocycles. The Kier molecular flexibility index (Phi) is 2.75. The lowest BCUT2D eigenvalue weighted by Gasteiger charge is -2.23. The van der Waals surface area contributed by atoms with Crippen molar-refractivity contribution in [3.05, 3.63) is 23.8 Å². The summed E-state index contributed by atoms with van der Waals surface area (Å²) in [6.07, 6.45) is 1.73. The largest absolute Gasteiger partial charge is 0.508 e. The third kappa shape index (κ3) is 1.85. The van der Waals surface area contributed by atoms with Gasteiger partial charge in [-0.15, -0.1) is 11.6 Å². The maximum absolute atomic E-state index is 11.7. The van der Waals surface area contributed by atoms with E-state index in [4.69, 9.17) is 11.6 Å². The minimum absolute atomic E-state index is 0.0580. The molecule has 0 fully saturated rings. The number of anilines is 1. The molecule has 1 heterocycles. The van der Waals surface area contributed by atoms with Crippen LogP contribution in [-0.4, -0.2) is 31.7 Å². The lowest BCUT2D eigenvalue weighted by Crippen LogP contribution is -2.37. The summed E-state index contributed by atoms with van der Waals surface area (Å²) in [5.74, 6) is 0.297. The zero-order valence-corrected chi connectivity index (χ0v) is 10.3. The monoisotopic (exact) mass is 261 g/mol. The summed E-state index contributed by atoms with van der Waals surface area (Å²) in [6.45, 7) is 0. The highest BCUT2D eigenvalue weighted by Crippen LogP contribution is 2.36. The fourth-order valence-corrected chi connectivity index (χ4v) is 3.58. The zero-order chi connectivity index (χ0) is 11.9. The highest BCUT2D eigenvalue weighted by Gasteiger charge is 2.34. The number of aromatic hydroxyl groups is 1. The van der Waals surface area contributed by atoms with Gasteiger partial charge in [0.05, 0.1) is 18.0 Å². The second kappa shape index (κ2) is 3.82. The Labute approximate surface area is 99.5 Å². The average Bonchev–Trinajstić information content (AvgIpc) is 2.54. The molecule has 0 saturated carbocycles. The van der Waals surface area contributed by atoms with Gasteiger partial charge in [-0.3, -0.25) is 4.31 Å². The van der Waals surface area contributed by atoms with Gasteiger partial charge < -0.3 is 5.11 Å². The number of phenolic OH excluding ortho intramolecular Hbond substituents is 1. The van der Waals surface area contributed by atoms with Crippen molar-refractivity contribution in [1.82, 2.24) is 0 Å². The average molecular weight is 262 g/mol. The predicted molar refractivity (Wildman–Crippen MR) is 63.6 cm³/mol. The van der Waals surface area contributed by atoms with Gasteiger partial charge in [0.2, 0.25) is 10.0 Å². The van der Waals surface area contributed by atoms with E-state index in [2.05, 4.69) is 0 Å². The van der Waals surface area contributed by atoms with Gasteiger partial charge in [-0.05, 0) is 18.1 Å². The van der Waals surface area contributed by atoms with Crippen LogP contribution in [0.15, 0.2) is 18.2 Å². The summed E-state index contributed by atoms with van der Waals surface area (Å²) in [7, 11) is -3.36. The number of rotatable bonds is 2. The van der Waals surface area contributed by atoms with Crippen LogP contribution in [0.3, 0.4) is 0 Å². The number of sulfonamides is 1. The Morgan fingerprint density at radius 1 is 1.56 bits per heavy atom. The summed E-state index contributed by atoms with van der Waals surface area (Å²) >= 11 is 5.77. The van der Waals surface area contributed by atoms with Gasteiger partial charge in [0.15, 0.2) is 0 Å². The molecule has 1 aromatic rings. The maximum atomic E-state index is 11.7. The molecule has 1 aromatic carbocycles. The van der Waals surface area contributed by atoms with Gasteiger partial charge in [0.25, 0.3) is 0 Å². The Morgan fingerprint density at radius 2 is 2.25 bits per heavy atom. The van der Waals surface area contributed by atoms with Crippen LogP contribution in [0.4, 0.5) is 5.69 Å². The number of halogens is 1. The Balaban J connectivity index is 2.56. The normalized spacial score (nSPS) is 19.9. The quantitative estimate of drug-likeness (QED) is 0.817. The second-order valence-electron chi connectivity index (χ2n) is 3.88. The van der Waals surface area contributed by atoms with Crippen molar-refractivity contribution >= 4 is 27.3 Å². The van der Waals surface area contributed by atoms with Crippen LogP contribution in [0.1, 0.15) is 5.56 Å². The van der Waals surface area contributed by atoms with Crippen molar-refractivity contribution in [2.75, 3.05) is 16.4 Å². The van der Waals surface area contributed by atoms with Crippen LogP contribution in [0, 0.1) is 0 Å². The third-order valence-corrected chi connectivity index (χ3v) is 4.19. The number of hydrogen-bond acceptors (Lipinski definition) is 3. The van der Waals surface area contributed by atoms with Crippen molar-refractivity contribution < 1.29 is 13.5 Å². The molecule has 0 amide bonds. The van der Waals surface area contributed by atoms with Gasteiger partial charge in [0.1, 0.15) is 5.75 Å². The van der Waals surface area contributed by atoms with Crippen molar-refractivity contribution in [2.45, 2.75) is 12.5 Å². The number of nitrogens with zero attached hydrogens (tertiary/aromatic N) is 1. The number of alkyl halides is 1. The van der Waals surface area contributed by atoms with E-state index in [0.29, 0.717) is 12.1 Å². The van der Waals surface area contributed by atoms with E-state index in [1.807, 2.05) is 0 Å². The Hall–Kier alpha value is -0.940. The molecule has 0 spiro atoms. The molecule has 1 aliphatic rings. The first kappa shape index (κ1) is 11.5. The fourth-order valence-electron chi connectivity index (χ4n) is 2.03. The molecule has 6 heteroatoms. The lowest BCUT2D eigenvalue weighted by atomic mass is 10.1. The van der Waals surface area contributed by atoms with E-state index in [1.165, 1.54) is 10.4 Å². The van der Waals surface area contributed by atoms with Gasteiger partial charge in [-0.2, -0.15) is 0 Å². The molecule has 1 unspecified atom stereocenters. The summed E-state index contributed by atoms with van der Waals surface area (Å²) in [4.78, 5) is 0. The number of hydrogen-bond donors (Lipinski definition) is 1. The van der Waals surface area contributed by atoms with E-state index < -0.39 is 10.0 Å². The minimum Gasteiger partial charge on any atom is -0.508 e.